The maximum Gasteiger partial charge on any atom is 0.337 e. The Morgan fingerprint density at radius 3 is 2.81 bits per heavy atom. The fourth-order valence-corrected chi connectivity index (χ4v) is 2.77. The first-order chi connectivity index (χ1) is 10.1. The van der Waals surface area contributed by atoms with Crippen molar-refractivity contribution in [2.75, 3.05) is 7.11 Å². The number of aromatic nitrogens is 3. The van der Waals surface area contributed by atoms with Crippen molar-refractivity contribution in [3.8, 4) is 11.4 Å². The van der Waals surface area contributed by atoms with Crippen LogP contribution < -0.4 is 0 Å². The molecule has 0 atom stereocenters. The van der Waals surface area contributed by atoms with Gasteiger partial charge in [0.05, 0.1) is 29.9 Å². The first-order valence-corrected chi connectivity index (χ1v) is 7.06. The monoisotopic (exact) mass is 345 g/mol. The summed E-state index contributed by atoms with van der Waals surface area (Å²) in [5, 5.41) is 0. The molecule has 0 N–H and O–H groups in total. The molecule has 0 amide bonds. The average Bonchev–Trinajstić information content (AvgIpc) is 2.84. The van der Waals surface area contributed by atoms with Crippen LogP contribution >= 0.6 is 15.9 Å². The van der Waals surface area contributed by atoms with Gasteiger partial charge in [0.2, 0.25) is 0 Å². The molecule has 0 saturated carbocycles. The van der Waals surface area contributed by atoms with Crippen molar-refractivity contribution in [3.63, 3.8) is 0 Å². The van der Waals surface area contributed by atoms with Crippen LogP contribution in [0.5, 0.6) is 0 Å². The highest BCUT2D eigenvalue weighted by Crippen LogP contribution is 2.30. The van der Waals surface area contributed by atoms with Gasteiger partial charge in [0.15, 0.2) is 0 Å². The smallest absolute Gasteiger partial charge is 0.337 e. The number of imidazole rings is 1. The van der Waals surface area contributed by atoms with E-state index in [0.717, 1.165) is 26.9 Å². The highest BCUT2D eigenvalue weighted by molar-refractivity contribution is 9.10. The Hall–Kier alpha value is -2.21. The maximum absolute atomic E-state index is 11.5. The van der Waals surface area contributed by atoms with Gasteiger partial charge in [0.25, 0.3) is 0 Å². The minimum absolute atomic E-state index is 0.364. The van der Waals surface area contributed by atoms with Crippen LogP contribution in [0.2, 0.25) is 0 Å². The summed E-state index contributed by atoms with van der Waals surface area (Å²) in [5.41, 5.74) is 3.23. The number of esters is 1. The molecule has 2 heterocycles. The third kappa shape index (κ3) is 2.31. The number of fused-ring (bicyclic) bond motifs is 1. The SMILES string of the molecule is COC(=O)c1ccc(-c2nc3ccncc3n2C)c(Br)c1. The second-order valence-corrected chi connectivity index (χ2v) is 5.40. The molecule has 0 unspecified atom stereocenters. The van der Waals surface area contributed by atoms with Gasteiger partial charge < -0.3 is 9.30 Å². The van der Waals surface area contributed by atoms with E-state index in [1.54, 1.807) is 24.5 Å². The van der Waals surface area contributed by atoms with E-state index < -0.39 is 0 Å². The summed E-state index contributed by atoms with van der Waals surface area (Å²) in [6.07, 6.45) is 3.50. The van der Waals surface area contributed by atoms with Gasteiger partial charge in [-0.05, 0) is 24.3 Å². The number of hydrogen-bond acceptors (Lipinski definition) is 4. The van der Waals surface area contributed by atoms with Crippen LogP contribution in [-0.4, -0.2) is 27.6 Å². The molecule has 0 aliphatic carbocycles. The summed E-state index contributed by atoms with van der Waals surface area (Å²) < 4.78 is 7.48. The standard InChI is InChI=1S/C15H12BrN3O2/c1-19-13-8-17-6-5-12(13)18-14(19)10-4-3-9(7-11(10)16)15(20)21-2/h3-8H,1-2H3. The van der Waals surface area contributed by atoms with Crippen LogP contribution in [0.3, 0.4) is 0 Å². The van der Waals surface area contributed by atoms with Gasteiger partial charge in [0.1, 0.15) is 5.82 Å². The third-order valence-electron chi connectivity index (χ3n) is 3.31. The molecule has 0 fully saturated rings. The summed E-state index contributed by atoms with van der Waals surface area (Å²) in [7, 11) is 3.30. The number of rotatable bonds is 2. The van der Waals surface area contributed by atoms with E-state index in [-0.39, 0.29) is 5.97 Å². The average molecular weight is 346 g/mol. The summed E-state index contributed by atoms with van der Waals surface area (Å²) in [6.45, 7) is 0. The summed E-state index contributed by atoms with van der Waals surface area (Å²) in [5.74, 6) is 0.442. The number of methoxy groups -OCH3 is 1. The predicted octanol–water partition coefficient (Wildman–Crippen LogP) is 3.18. The largest absolute Gasteiger partial charge is 0.465 e. The van der Waals surface area contributed by atoms with E-state index in [2.05, 4.69) is 25.9 Å². The molecule has 2 aromatic heterocycles. The Labute approximate surface area is 129 Å². The Morgan fingerprint density at radius 2 is 2.14 bits per heavy atom. The third-order valence-corrected chi connectivity index (χ3v) is 3.97. The number of benzene rings is 1. The molecule has 3 rings (SSSR count). The molecule has 1 aromatic carbocycles. The Kier molecular flexibility index (Phi) is 3.47. The number of carbonyl (C=O) groups is 1. The lowest BCUT2D eigenvalue weighted by Crippen LogP contribution is -2.01. The van der Waals surface area contributed by atoms with Gasteiger partial charge in [-0.2, -0.15) is 0 Å². The highest BCUT2D eigenvalue weighted by atomic mass is 79.9. The molecular weight excluding hydrogens is 334 g/mol. The molecule has 0 radical (unpaired) electrons. The van der Waals surface area contributed by atoms with Crippen molar-refractivity contribution in [1.82, 2.24) is 14.5 Å². The van der Waals surface area contributed by atoms with Crippen molar-refractivity contribution >= 4 is 32.9 Å². The van der Waals surface area contributed by atoms with Gasteiger partial charge in [0, 0.05) is 23.3 Å². The highest BCUT2D eigenvalue weighted by Gasteiger charge is 2.14. The van der Waals surface area contributed by atoms with Crippen LogP contribution in [0, 0.1) is 0 Å². The lowest BCUT2D eigenvalue weighted by molar-refractivity contribution is 0.0600. The molecule has 6 heteroatoms. The van der Waals surface area contributed by atoms with Gasteiger partial charge in [-0.3, -0.25) is 4.98 Å². The number of pyridine rings is 1. The van der Waals surface area contributed by atoms with E-state index in [9.17, 15) is 4.79 Å². The normalized spacial score (nSPS) is 10.8. The van der Waals surface area contributed by atoms with Gasteiger partial charge in [-0.25, -0.2) is 9.78 Å². The van der Waals surface area contributed by atoms with Crippen molar-refractivity contribution < 1.29 is 9.53 Å². The first-order valence-electron chi connectivity index (χ1n) is 6.26. The van der Waals surface area contributed by atoms with E-state index in [4.69, 9.17) is 4.74 Å². The van der Waals surface area contributed by atoms with Crippen molar-refractivity contribution in [1.29, 1.82) is 0 Å². The van der Waals surface area contributed by atoms with Gasteiger partial charge in [-0.15, -0.1) is 0 Å². The molecule has 0 bridgehead atoms. The number of hydrogen-bond donors (Lipinski definition) is 0. The number of carbonyl (C=O) groups excluding carboxylic acids is 1. The van der Waals surface area contributed by atoms with Crippen molar-refractivity contribution in [2.45, 2.75) is 0 Å². The van der Waals surface area contributed by atoms with E-state index in [1.165, 1.54) is 7.11 Å². The van der Waals surface area contributed by atoms with Gasteiger partial charge in [-0.1, -0.05) is 15.9 Å². The zero-order valence-corrected chi connectivity index (χ0v) is 13.1. The Balaban J connectivity index is 2.15. The van der Waals surface area contributed by atoms with Crippen LogP contribution in [0.15, 0.2) is 41.1 Å². The number of ether oxygens (including phenoxy) is 1. The Bertz CT molecular complexity index is 842. The van der Waals surface area contributed by atoms with Gasteiger partial charge >= 0.3 is 5.97 Å². The maximum atomic E-state index is 11.5. The molecule has 0 aliphatic rings. The van der Waals surface area contributed by atoms with Crippen LogP contribution in [0.1, 0.15) is 10.4 Å². The van der Waals surface area contributed by atoms with E-state index in [1.807, 2.05) is 23.7 Å². The topological polar surface area (TPSA) is 57.0 Å². The first kappa shape index (κ1) is 13.8. The van der Waals surface area contributed by atoms with Crippen LogP contribution in [-0.2, 0) is 11.8 Å². The minimum atomic E-state index is -0.364. The van der Waals surface area contributed by atoms with Crippen LogP contribution in [0.25, 0.3) is 22.4 Å². The zero-order valence-electron chi connectivity index (χ0n) is 11.5. The second-order valence-electron chi connectivity index (χ2n) is 4.55. The molecule has 0 saturated heterocycles. The quantitative estimate of drug-likeness (QED) is 0.669. The fraction of sp³-hybridized carbons (Fsp3) is 0.133. The predicted molar refractivity (Wildman–Crippen MR) is 83.0 cm³/mol. The Morgan fingerprint density at radius 1 is 1.33 bits per heavy atom. The zero-order chi connectivity index (χ0) is 15.0. The molecule has 106 valence electrons. The summed E-state index contributed by atoms with van der Waals surface area (Å²) in [4.78, 5) is 20.3. The molecule has 21 heavy (non-hydrogen) atoms. The van der Waals surface area contributed by atoms with Crippen molar-refractivity contribution in [2.24, 2.45) is 7.05 Å². The minimum Gasteiger partial charge on any atom is -0.465 e. The van der Waals surface area contributed by atoms with E-state index in [0.29, 0.717) is 5.56 Å². The lowest BCUT2D eigenvalue weighted by atomic mass is 10.1. The van der Waals surface area contributed by atoms with Crippen LogP contribution in [0.4, 0.5) is 0 Å². The van der Waals surface area contributed by atoms with Crippen molar-refractivity contribution in [3.05, 3.63) is 46.7 Å². The molecule has 0 spiro atoms. The number of nitrogens with zero attached hydrogens (tertiary/aromatic N) is 3. The number of aryl methyl sites for hydroxylation is 1. The second kappa shape index (κ2) is 5.29. The number of halogens is 1. The fourth-order valence-electron chi connectivity index (χ4n) is 2.22. The summed E-state index contributed by atoms with van der Waals surface area (Å²) in [6, 6.07) is 7.18. The lowest BCUT2D eigenvalue weighted by Gasteiger charge is -2.07. The molecule has 0 aliphatic heterocycles. The molecule has 5 nitrogen and oxygen atoms in total. The molecular formula is C15H12BrN3O2. The van der Waals surface area contributed by atoms with E-state index >= 15 is 0 Å². The molecule has 3 aromatic rings. The summed E-state index contributed by atoms with van der Waals surface area (Å²) >= 11 is 3.50.